The summed E-state index contributed by atoms with van der Waals surface area (Å²) in [6, 6.07) is 7.25. The number of carboxylic acid groups (broad SMARTS) is 1. The van der Waals surface area contributed by atoms with Gasteiger partial charge in [-0.05, 0) is 31.9 Å². The number of carbonyl (C=O) groups excluding carboxylic acids is 2. The van der Waals surface area contributed by atoms with Crippen molar-refractivity contribution in [1.82, 2.24) is 10.2 Å². The number of aryl methyl sites for hydroxylation is 1. The van der Waals surface area contributed by atoms with E-state index in [0.717, 1.165) is 5.56 Å². The highest BCUT2D eigenvalue weighted by atomic mass is 16.4. The molecule has 2 amide bonds. The third-order valence-corrected chi connectivity index (χ3v) is 4.03. The highest BCUT2D eigenvalue weighted by Gasteiger charge is 2.27. The maximum atomic E-state index is 12.1. The zero-order valence-electron chi connectivity index (χ0n) is 13.2. The van der Waals surface area contributed by atoms with Crippen LogP contribution in [0.15, 0.2) is 24.3 Å². The molecule has 0 saturated carbocycles. The lowest BCUT2D eigenvalue weighted by Gasteiger charge is -2.30. The molecule has 1 fully saturated rings. The number of hydrogen-bond acceptors (Lipinski definition) is 3. The van der Waals surface area contributed by atoms with Crippen LogP contribution in [-0.4, -0.2) is 47.4 Å². The topological polar surface area (TPSA) is 86.7 Å². The van der Waals surface area contributed by atoms with Gasteiger partial charge in [0.05, 0.1) is 5.92 Å². The van der Waals surface area contributed by atoms with Gasteiger partial charge in [-0.15, -0.1) is 0 Å². The van der Waals surface area contributed by atoms with Crippen LogP contribution in [0.5, 0.6) is 0 Å². The first-order valence-corrected chi connectivity index (χ1v) is 7.83. The minimum atomic E-state index is -0.852. The highest BCUT2D eigenvalue weighted by Crippen LogP contribution is 2.17. The Bertz CT molecular complexity index is 600. The Kier molecular flexibility index (Phi) is 5.73. The van der Waals surface area contributed by atoms with Crippen molar-refractivity contribution in [3.8, 4) is 0 Å². The van der Waals surface area contributed by atoms with Gasteiger partial charge in [-0.3, -0.25) is 14.4 Å². The Hall–Kier alpha value is -2.37. The quantitative estimate of drug-likeness (QED) is 0.860. The van der Waals surface area contributed by atoms with Crippen molar-refractivity contribution in [1.29, 1.82) is 0 Å². The fourth-order valence-electron chi connectivity index (χ4n) is 2.73. The number of piperidine rings is 1. The molecule has 0 radical (unpaired) electrons. The van der Waals surface area contributed by atoms with Gasteiger partial charge in [0.2, 0.25) is 5.91 Å². The molecule has 124 valence electrons. The number of carboxylic acids is 1. The average molecular weight is 318 g/mol. The van der Waals surface area contributed by atoms with Gasteiger partial charge in [-0.2, -0.15) is 0 Å². The first kappa shape index (κ1) is 17.0. The summed E-state index contributed by atoms with van der Waals surface area (Å²) in [5.41, 5.74) is 1.57. The molecule has 0 spiro atoms. The van der Waals surface area contributed by atoms with Crippen LogP contribution in [0.1, 0.15) is 35.2 Å². The van der Waals surface area contributed by atoms with Crippen LogP contribution in [0.25, 0.3) is 0 Å². The fourth-order valence-corrected chi connectivity index (χ4v) is 2.73. The molecular weight excluding hydrogens is 296 g/mol. The summed E-state index contributed by atoms with van der Waals surface area (Å²) in [5, 5.41) is 11.8. The predicted octanol–water partition coefficient (Wildman–Crippen LogP) is 1.44. The number of hydrogen-bond donors (Lipinski definition) is 2. The number of aliphatic carboxylic acids is 1. The van der Waals surface area contributed by atoms with Crippen molar-refractivity contribution < 1.29 is 19.5 Å². The summed E-state index contributed by atoms with van der Waals surface area (Å²) in [7, 11) is 0. The molecular formula is C17H22N2O4. The van der Waals surface area contributed by atoms with Gasteiger partial charge in [0, 0.05) is 31.6 Å². The van der Waals surface area contributed by atoms with E-state index >= 15 is 0 Å². The summed E-state index contributed by atoms with van der Waals surface area (Å²) < 4.78 is 0. The lowest BCUT2D eigenvalue weighted by molar-refractivity contribution is -0.145. The van der Waals surface area contributed by atoms with E-state index in [9.17, 15) is 14.4 Å². The van der Waals surface area contributed by atoms with Gasteiger partial charge in [0.25, 0.3) is 5.91 Å². The molecule has 1 saturated heterocycles. The molecule has 0 aliphatic carbocycles. The largest absolute Gasteiger partial charge is 0.481 e. The number of nitrogens with one attached hydrogen (secondary N) is 1. The molecule has 23 heavy (non-hydrogen) atoms. The van der Waals surface area contributed by atoms with E-state index in [-0.39, 0.29) is 31.3 Å². The molecule has 1 aromatic carbocycles. The second-order valence-corrected chi connectivity index (χ2v) is 5.89. The molecule has 6 nitrogen and oxygen atoms in total. The van der Waals surface area contributed by atoms with E-state index in [0.29, 0.717) is 24.9 Å². The van der Waals surface area contributed by atoms with E-state index in [1.165, 1.54) is 0 Å². The summed E-state index contributed by atoms with van der Waals surface area (Å²) in [4.78, 5) is 36.7. The monoisotopic (exact) mass is 318 g/mol. The fraction of sp³-hybridized carbons (Fsp3) is 0.471. The minimum absolute atomic E-state index is 0.111. The van der Waals surface area contributed by atoms with Crippen molar-refractivity contribution in [3.05, 3.63) is 35.4 Å². The van der Waals surface area contributed by atoms with Crippen molar-refractivity contribution >= 4 is 17.8 Å². The third kappa shape index (κ3) is 4.81. The van der Waals surface area contributed by atoms with Gasteiger partial charge in [-0.1, -0.05) is 17.7 Å². The van der Waals surface area contributed by atoms with E-state index in [2.05, 4.69) is 5.32 Å². The molecule has 2 N–H and O–H groups in total. The third-order valence-electron chi connectivity index (χ3n) is 4.03. The summed E-state index contributed by atoms with van der Waals surface area (Å²) >= 11 is 0. The summed E-state index contributed by atoms with van der Waals surface area (Å²) in [6.45, 7) is 3.02. The first-order valence-electron chi connectivity index (χ1n) is 7.83. The second-order valence-electron chi connectivity index (χ2n) is 5.89. The molecule has 1 heterocycles. The van der Waals surface area contributed by atoms with Crippen molar-refractivity contribution in [2.24, 2.45) is 5.92 Å². The standard InChI is InChI=1S/C17H22N2O4/c1-12-4-2-5-13(10-12)16(21)18-8-7-15(20)19-9-3-6-14(11-19)17(22)23/h2,4-5,10,14H,3,6-9,11H2,1H3,(H,18,21)(H,22,23). The number of rotatable bonds is 5. The van der Waals surface area contributed by atoms with Crippen LogP contribution in [-0.2, 0) is 9.59 Å². The SMILES string of the molecule is Cc1cccc(C(=O)NCCC(=O)N2CCCC(C(=O)O)C2)c1. The Morgan fingerprint density at radius 2 is 2.13 bits per heavy atom. The van der Waals surface area contributed by atoms with Crippen molar-refractivity contribution in [3.63, 3.8) is 0 Å². The number of amides is 2. The molecule has 1 atom stereocenters. The number of nitrogens with zero attached hydrogens (tertiary/aromatic N) is 1. The number of likely N-dealkylation sites (tertiary alicyclic amines) is 1. The second kappa shape index (κ2) is 7.76. The van der Waals surface area contributed by atoms with E-state index < -0.39 is 11.9 Å². The van der Waals surface area contributed by atoms with Crippen LogP contribution in [0.2, 0.25) is 0 Å². The summed E-state index contributed by atoms with van der Waals surface area (Å²) in [6.07, 6.45) is 1.51. The van der Waals surface area contributed by atoms with Crippen molar-refractivity contribution in [2.75, 3.05) is 19.6 Å². The Balaban J connectivity index is 1.78. The lowest BCUT2D eigenvalue weighted by atomic mass is 9.98. The van der Waals surface area contributed by atoms with E-state index in [4.69, 9.17) is 5.11 Å². The van der Waals surface area contributed by atoms with E-state index in [1.807, 2.05) is 19.1 Å². The molecule has 2 rings (SSSR count). The molecule has 1 aromatic rings. The van der Waals surface area contributed by atoms with Crippen LogP contribution < -0.4 is 5.32 Å². The van der Waals surface area contributed by atoms with Gasteiger partial charge >= 0.3 is 5.97 Å². The number of benzene rings is 1. The van der Waals surface area contributed by atoms with Crippen LogP contribution in [0.4, 0.5) is 0 Å². The molecule has 0 bridgehead atoms. The maximum Gasteiger partial charge on any atom is 0.308 e. The summed E-state index contributed by atoms with van der Waals surface area (Å²) in [5.74, 6) is -1.64. The first-order chi connectivity index (χ1) is 11.0. The van der Waals surface area contributed by atoms with Crippen LogP contribution in [0, 0.1) is 12.8 Å². The Morgan fingerprint density at radius 1 is 1.35 bits per heavy atom. The highest BCUT2D eigenvalue weighted by molar-refractivity contribution is 5.94. The normalized spacial score (nSPS) is 17.6. The predicted molar refractivity (Wildman–Crippen MR) is 85.1 cm³/mol. The molecule has 1 aliphatic rings. The zero-order chi connectivity index (χ0) is 16.8. The van der Waals surface area contributed by atoms with Gasteiger partial charge in [0.1, 0.15) is 0 Å². The lowest BCUT2D eigenvalue weighted by Crippen LogP contribution is -2.43. The Labute approximate surface area is 135 Å². The van der Waals surface area contributed by atoms with Gasteiger partial charge in [-0.25, -0.2) is 0 Å². The number of carbonyl (C=O) groups is 3. The molecule has 1 aliphatic heterocycles. The maximum absolute atomic E-state index is 12.1. The Morgan fingerprint density at radius 3 is 2.83 bits per heavy atom. The molecule has 1 unspecified atom stereocenters. The smallest absolute Gasteiger partial charge is 0.308 e. The minimum Gasteiger partial charge on any atom is -0.481 e. The molecule has 6 heteroatoms. The van der Waals surface area contributed by atoms with Gasteiger partial charge in [0.15, 0.2) is 0 Å². The van der Waals surface area contributed by atoms with Crippen molar-refractivity contribution in [2.45, 2.75) is 26.2 Å². The van der Waals surface area contributed by atoms with Crippen LogP contribution >= 0.6 is 0 Å². The molecule has 0 aromatic heterocycles. The van der Waals surface area contributed by atoms with E-state index in [1.54, 1.807) is 17.0 Å². The average Bonchev–Trinajstić information content (AvgIpc) is 2.54. The van der Waals surface area contributed by atoms with Gasteiger partial charge < -0.3 is 15.3 Å². The zero-order valence-corrected chi connectivity index (χ0v) is 13.2. The van der Waals surface area contributed by atoms with Crippen LogP contribution in [0.3, 0.4) is 0 Å².